The highest BCUT2D eigenvalue weighted by Crippen LogP contribution is 2.25. The number of halogens is 1. The standard InChI is InChI=1S/C11H14ClNO/c12-10-3-1-2-9(8-10)6-7-13(14)11-4-5-11/h1-3,8,11,14H,4-7H2. The lowest BCUT2D eigenvalue weighted by atomic mass is 10.1. The third kappa shape index (κ3) is 2.71. The molecule has 1 aliphatic carbocycles. The molecule has 1 aromatic rings. The van der Waals surface area contributed by atoms with Crippen LogP contribution < -0.4 is 0 Å². The molecule has 0 unspecified atom stereocenters. The third-order valence-corrected chi connectivity index (χ3v) is 2.72. The van der Waals surface area contributed by atoms with Crippen LogP contribution in [0.15, 0.2) is 24.3 Å². The van der Waals surface area contributed by atoms with Gasteiger partial charge in [-0.1, -0.05) is 23.7 Å². The van der Waals surface area contributed by atoms with Gasteiger partial charge in [0.2, 0.25) is 0 Å². The van der Waals surface area contributed by atoms with Crippen molar-refractivity contribution in [2.45, 2.75) is 25.3 Å². The lowest BCUT2D eigenvalue weighted by Crippen LogP contribution is -2.24. The predicted molar refractivity (Wildman–Crippen MR) is 56.7 cm³/mol. The minimum absolute atomic E-state index is 0.411. The van der Waals surface area contributed by atoms with Gasteiger partial charge in [-0.15, -0.1) is 0 Å². The molecule has 76 valence electrons. The van der Waals surface area contributed by atoms with Crippen LogP contribution in [0.5, 0.6) is 0 Å². The molecule has 0 amide bonds. The Kier molecular flexibility index (Phi) is 3.06. The third-order valence-electron chi connectivity index (χ3n) is 2.49. The number of hydrogen-bond donors (Lipinski definition) is 1. The van der Waals surface area contributed by atoms with E-state index in [0.717, 1.165) is 24.3 Å². The summed E-state index contributed by atoms with van der Waals surface area (Å²) in [5.74, 6) is 0. The Morgan fingerprint density at radius 3 is 2.86 bits per heavy atom. The first-order valence-electron chi connectivity index (χ1n) is 4.95. The fraction of sp³-hybridized carbons (Fsp3) is 0.455. The average molecular weight is 212 g/mol. The summed E-state index contributed by atoms with van der Waals surface area (Å²) in [5.41, 5.74) is 1.18. The second kappa shape index (κ2) is 4.30. The van der Waals surface area contributed by atoms with Gasteiger partial charge >= 0.3 is 0 Å². The molecule has 1 aliphatic rings. The molecule has 0 atom stereocenters. The molecule has 2 nitrogen and oxygen atoms in total. The molecule has 0 aliphatic heterocycles. The van der Waals surface area contributed by atoms with E-state index in [0.29, 0.717) is 12.6 Å². The number of benzene rings is 1. The van der Waals surface area contributed by atoms with Crippen LogP contribution in [-0.4, -0.2) is 22.9 Å². The van der Waals surface area contributed by atoms with E-state index < -0.39 is 0 Å². The predicted octanol–water partition coefficient (Wildman–Crippen LogP) is 2.74. The largest absolute Gasteiger partial charge is 0.314 e. The lowest BCUT2D eigenvalue weighted by molar-refractivity contribution is -0.0982. The molecule has 1 aromatic carbocycles. The Hall–Kier alpha value is -0.570. The molecular weight excluding hydrogens is 198 g/mol. The van der Waals surface area contributed by atoms with E-state index in [-0.39, 0.29) is 0 Å². The summed E-state index contributed by atoms with van der Waals surface area (Å²) < 4.78 is 0. The summed E-state index contributed by atoms with van der Waals surface area (Å²) in [6, 6.07) is 8.20. The average Bonchev–Trinajstić information content (AvgIpc) is 2.97. The first-order chi connectivity index (χ1) is 6.75. The van der Waals surface area contributed by atoms with Crippen molar-refractivity contribution in [2.75, 3.05) is 6.54 Å². The number of hydrogen-bond acceptors (Lipinski definition) is 2. The molecule has 0 bridgehead atoms. The zero-order valence-corrected chi connectivity index (χ0v) is 8.74. The van der Waals surface area contributed by atoms with E-state index >= 15 is 0 Å². The lowest BCUT2D eigenvalue weighted by Gasteiger charge is -2.13. The quantitative estimate of drug-likeness (QED) is 0.775. The molecule has 1 fully saturated rings. The van der Waals surface area contributed by atoms with Crippen LogP contribution >= 0.6 is 11.6 Å². The molecule has 0 saturated heterocycles. The van der Waals surface area contributed by atoms with Crippen molar-refractivity contribution in [3.63, 3.8) is 0 Å². The number of hydroxylamine groups is 2. The van der Waals surface area contributed by atoms with Crippen LogP contribution in [-0.2, 0) is 6.42 Å². The monoisotopic (exact) mass is 211 g/mol. The summed E-state index contributed by atoms with van der Waals surface area (Å²) in [6.45, 7) is 0.699. The van der Waals surface area contributed by atoms with E-state index in [1.54, 1.807) is 0 Å². The van der Waals surface area contributed by atoms with Crippen molar-refractivity contribution in [2.24, 2.45) is 0 Å². The van der Waals surface area contributed by atoms with E-state index in [2.05, 4.69) is 0 Å². The van der Waals surface area contributed by atoms with Crippen molar-refractivity contribution < 1.29 is 5.21 Å². The molecule has 0 heterocycles. The van der Waals surface area contributed by atoms with Crippen molar-refractivity contribution >= 4 is 11.6 Å². The van der Waals surface area contributed by atoms with Gasteiger partial charge in [-0.05, 0) is 37.0 Å². The van der Waals surface area contributed by atoms with Crippen molar-refractivity contribution in [3.05, 3.63) is 34.9 Å². The maximum atomic E-state index is 9.52. The van der Waals surface area contributed by atoms with Crippen LogP contribution in [0, 0.1) is 0 Å². The summed E-state index contributed by atoms with van der Waals surface area (Å²) in [7, 11) is 0. The fourth-order valence-electron chi connectivity index (χ4n) is 1.49. The van der Waals surface area contributed by atoms with E-state index in [4.69, 9.17) is 11.6 Å². The van der Waals surface area contributed by atoms with Gasteiger partial charge in [0, 0.05) is 17.6 Å². The van der Waals surface area contributed by atoms with Gasteiger partial charge < -0.3 is 5.21 Å². The summed E-state index contributed by atoms with van der Waals surface area (Å²) in [6.07, 6.45) is 3.12. The Morgan fingerprint density at radius 1 is 1.43 bits per heavy atom. The Bertz CT molecular complexity index is 312. The molecule has 0 aromatic heterocycles. The van der Waals surface area contributed by atoms with Gasteiger partial charge in [-0.25, -0.2) is 0 Å². The van der Waals surface area contributed by atoms with Gasteiger partial charge in [0.05, 0.1) is 0 Å². The first-order valence-corrected chi connectivity index (χ1v) is 5.33. The number of nitrogens with zero attached hydrogens (tertiary/aromatic N) is 1. The van der Waals surface area contributed by atoms with Crippen molar-refractivity contribution in [3.8, 4) is 0 Å². The topological polar surface area (TPSA) is 23.5 Å². The van der Waals surface area contributed by atoms with Gasteiger partial charge in [-0.2, -0.15) is 5.06 Å². The van der Waals surface area contributed by atoms with Crippen molar-refractivity contribution in [1.82, 2.24) is 5.06 Å². The highest BCUT2D eigenvalue weighted by molar-refractivity contribution is 6.30. The zero-order valence-electron chi connectivity index (χ0n) is 7.99. The van der Waals surface area contributed by atoms with E-state index in [9.17, 15) is 5.21 Å². The van der Waals surface area contributed by atoms with Crippen LogP contribution in [0.3, 0.4) is 0 Å². The molecule has 14 heavy (non-hydrogen) atoms. The highest BCUT2D eigenvalue weighted by Gasteiger charge is 2.27. The maximum Gasteiger partial charge on any atom is 0.0408 e. The minimum atomic E-state index is 0.411. The normalized spacial score (nSPS) is 16.2. The smallest absolute Gasteiger partial charge is 0.0408 e. The highest BCUT2D eigenvalue weighted by atomic mass is 35.5. The maximum absolute atomic E-state index is 9.52. The molecular formula is C11H14ClNO. The first kappa shape index (κ1) is 9.97. The second-order valence-electron chi connectivity index (χ2n) is 3.77. The zero-order chi connectivity index (χ0) is 9.97. The van der Waals surface area contributed by atoms with Crippen LogP contribution in [0.4, 0.5) is 0 Å². The SMILES string of the molecule is ON(CCc1cccc(Cl)c1)C1CC1. The molecule has 0 spiro atoms. The number of rotatable bonds is 4. The molecule has 1 N–H and O–H groups in total. The minimum Gasteiger partial charge on any atom is -0.314 e. The Labute approximate surface area is 89.1 Å². The molecule has 2 rings (SSSR count). The van der Waals surface area contributed by atoms with Gasteiger partial charge in [0.15, 0.2) is 0 Å². The van der Waals surface area contributed by atoms with Crippen LogP contribution in [0.1, 0.15) is 18.4 Å². The van der Waals surface area contributed by atoms with E-state index in [1.165, 1.54) is 10.6 Å². The van der Waals surface area contributed by atoms with Gasteiger partial charge in [0.1, 0.15) is 0 Å². The summed E-state index contributed by atoms with van der Waals surface area (Å²) >= 11 is 5.86. The summed E-state index contributed by atoms with van der Waals surface area (Å²) in [4.78, 5) is 0. The second-order valence-corrected chi connectivity index (χ2v) is 4.21. The fourth-order valence-corrected chi connectivity index (χ4v) is 1.70. The Balaban J connectivity index is 1.84. The van der Waals surface area contributed by atoms with Crippen LogP contribution in [0.25, 0.3) is 0 Å². The Morgan fingerprint density at radius 2 is 2.21 bits per heavy atom. The molecule has 0 radical (unpaired) electrons. The summed E-state index contributed by atoms with van der Waals surface area (Å²) in [5, 5.41) is 11.7. The molecule has 1 saturated carbocycles. The van der Waals surface area contributed by atoms with E-state index in [1.807, 2.05) is 24.3 Å². The van der Waals surface area contributed by atoms with Crippen LogP contribution in [0.2, 0.25) is 5.02 Å². The van der Waals surface area contributed by atoms with Gasteiger partial charge in [-0.3, -0.25) is 0 Å². The van der Waals surface area contributed by atoms with Gasteiger partial charge in [0.25, 0.3) is 0 Å². The molecule has 3 heteroatoms. The van der Waals surface area contributed by atoms with Crippen molar-refractivity contribution in [1.29, 1.82) is 0 Å².